The van der Waals surface area contributed by atoms with Gasteiger partial charge in [0, 0.05) is 6.42 Å². The second-order valence-electron chi connectivity index (χ2n) is 4.46. The second kappa shape index (κ2) is 4.97. The molecular formula is C13H10N2O4S2. The number of aromatic carboxylic acids is 1. The van der Waals surface area contributed by atoms with Crippen LogP contribution in [0.4, 0.5) is 0 Å². The fraction of sp³-hybridized carbons (Fsp3) is 0.154. The van der Waals surface area contributed by atoms with Crippen molar-refractivity contribution in [3.8, 4) is 5.75 Å². The molecule has 3 aromatic heterocycles. The molecule has 0 spiro atoms. The highest BCUT2D eigenvalue weighted by molar-refractivity contribution is 7.20. The van der Waals surface area contributed by atoms with Crippen LogP contribution >= 0.6 is 22.7 Å². The highest BCUT2D eigenvalue weighted by Crippen LogP contribution is 2.28. The van der Waals surface area contributed by atoms with Gasteiger partial charge in [0.15, 0.2) is 0 Å². The maximum absolute atomic E-state index is 12.1. The second-order valence-corrected chi connectivity index (χ2v) is 6.46. The molecule has 0 bridgehead atoms. The Morgan fingerprint density at radius 3 is 2.86 bits per heavy atom. The van der Waals surface area contributed by atoms with Crippen molar-refractivity contribution in [3.63, 3.8) is 0 Å². The van der Waals surface area contributed by atoms with E-state index in [1.807, 2.05) is 0 Å². The Bertz CT molecular complexity index is 907. The molecule has 0 unspecified atom stereocenters. The van der Waals surface area contributed by atoms with Crippen molar-refractivity contribution in [2.24, 2.45) is 0 Å². The van der Waals surface area contributed by atoms with Gasteiger partial charge < -0.3 is 15.2 Å². The van der Waals surface area contributed by atoms with Crippen molar-refractivity contribution < 1.29 is 15.0 Å². The predicted octanol–water partition coefficient (Wildman–Crippen LogP) is 2.35. The topological polar surface area (TPSA) is 103 Å². The molecular weight excluding hydrogens is 312 g/mol. The molecule has 3 N–H and O–H groups in total. The summed E-state index contributed by atoms with van der Waals surface area (Å²) in [6, 6.07) is 1.58. The molecule has 0 saturated carbocycles. The van der Waals surface area contributed by atoms with Crippen LogP contribution in [0.3, 0.4) is 0 Å². The first kappa shape index (κ1) is 13.8. The number of aromatic amines is 1. The van der Waals surface area contributed by atoms with Crippen LogP contribution in [0.25, 0.3) is 10.2 Å². The fourth-order valence-electron chi connectivity index (χ4n) is 2.09. The smallest absolute Gasteiger partial charge is 0.346 e. The molecule has 0 saturated heterocycles. The first-order chi connectivity index (χ1) is 9.97. The van der Waals surface area contributed by atoms with E-state index in [-0.39, 0.29) is 16.2 Å². The zero-order chi connectivity index (χ0) is 15.1. The zero-order valence-corrected chi connectivity index (χ0v) is 12.5. The third-order valence-corrected chi connectivity index (χ3v) is 5.18. The summed E-state index contributed by atoms with van der Waals surface area (Å²) in [5, 5.41) is 20.8. The normalized spacial score (nSPS) is 11.1. The van der Waals surface area contributed by atoms with Gasteiger partial charge in [0.1, 0.15) is 21.3 Å². The van der Waals surface area contributed by atoms with Gasteiger partial charge in [-0.25, -0.2) is 9.78 Å². The first-order valence-corrected chi connectivity index (χ1v) is 7.68. The maximum Gasteiger partial charge on any atom is 0.346 e. The Morgan fingerprint density at radius 2 is 2.24 bits per heavy atom. The zero-order valence-electron chi connectivity index (χ0n) is 10.8. The van der Waals surface area contributed by atoms with Gasteiger partial charge in [-0.2, -0.15) is 0 Å². The number of H-pyrrole nitrogens is 1. The largest absolute Gasteiger partial charge is 0.507 e. The van der Waals surface area contributed by atoms with Gasteiger partial charge in [-0.3, -0.25) is 4.79 Å². The van der Waals surface area contributed by atoms with Gasteiger partial charge in [0.05, 0.1) is 10.3 Å². The summed E-state index contributed by atoms with van der Waals surface area (Å²) in [5.74, 6) is -0.493. The molecule has 0 atom stereocenters. The van der Waals surface area contributed by atoms with Crippen molar-refractivity contribution in [1.82, 2.24) is 9.97 Å². The number of fused-ring (bicyclic) bond motifs is 1. The number of aromatic nitrogens is 2. The SMILES string of the molecule is Cc1c(C(=O)O)sc2nc(Cc3sccc3O)[nH]c(=O)c12. The van der Waals surface area contributed by atoms with Crippen LogP contribution < -0.4 is 5.56 Å². The molecule has 3 rings (SSSR count). The van der Waals surface area contributed by atoms with Crippen molar-refractivity contribution >= 4 is 38.9 Å². The summed E-state index contributed by atoms with van der Waals surface area (Å²) in [4.78, 5) is 31.4. The fourth-order valence-corrected chi connectivity index (χ4v) is 3.90. The van der Waals surface area contributed by atoms with Crippen molar-refractivity contribution in [3.05, 3.63) is 42.9 Å². The van der Waals surface area contributed by atoms with Crippen LogP contribution in [0, 0.1) is 6.92 Å². The summed E-state index contributed by atoms with van der Waals surface area (Å²) < 4.78 is 0. The molecule has 0 radical (unpaired) electrons. The lowest BCUT2D eigenvalue weighted by Crippen LogP contribution is -2.11. The molecule has 21 heavy (non-hydrogen) atoms. The molecule has 3 aromatic rings. The number of hydrogen-bond acceptors (Lipinski definition) is 6. The highest BCUT2D eigenvalue weighted by Gasteiger charge is 2.19. The minimum Gasteiger partial charge on any atom is -0.507 e. The Balaban J connectivity index is 2.13. The van der Waals surface area contributed by atoms with Gasteiger partial charge in [0.25, 0.3) is 5.56 Å². The number of aromatic hydroxyl groups is 1. The van der Waals surface area contributed by atoms with E-state index >= 15 is 0 Å². The van der Waals surface area contributed by atoms with Gasteiger partial charge in [-0.15, -0.1) is 22.7 Å². The summed E-state index contributed by atoms with van der Waals surface area (Å²) in [6.45, 7) is 1.60. The standard InChI is InChI=1S/C13H10N2O4S2/c1-5-9-11(17)14-8(4-7-6(16)2-3-20-7)15-12(9)21-10(5)13(18)19/h2-3,16H,4H2,1H3,(H,18,19)(H,14,15,17). The Hall–Kier alpha value is -2.19. The van der Waals surface area contributed by atoms with E-state index < -0.39 is 5.97 Å². The quantitative estimate of drug-likeness (QED) is 0.687. The molecule has 0 aliphatic rings. The first-order valence-electron chi connectivity index (χ1n) is 5.98. The molecule has 6 nitrogen and oxygen atoms in total. The van der Waals surface area contributed by atoms with Crippen LogP contribution in [-0.2, 0) is 6.42 Å². The molecule has 0 aliphatic heterocycles. The number of carboxylic acid groups (broad SMARTS) is 1. The lowest BCUT2D eigenvalue weighted by atomic mass is 10.2. The van der Waals surface area contributed by atoms with Crippen LogP contribution in [-0.4, -0.2) is 26.2 Å². The van der Waals surface area contributed by atoms with Crippen LogP contribution in [0.15, 0.2) is 16.2 Å². The minimum absolute atomic E-state index is 0.124. The predicted molar refractivity (Wildman–Crippen MR) is 80.7 cm³/mol. The van der Waals surface area contributed by atoms with Crippen LogP contribution in [0.2, 0.25) is 0 Å². The number of carbonyl (C=O) groups is 1. The minimum atomic E-state index is -1.06. The van der Waals surface area contributed by atoms with Crippen molar-refractivity contribution in [2.75, 3.05) is 0 Å². The van der Waals surface area contributed by atoms with Gasteiger partial charge >= 0.3 is 5.97 Å². The lowest BCUT2D eigenvalue weighted by molar-refractivity contribution is 0.0701. The third kappa shape index (κ3) is 2.32. The summed E-state index contributed by atoms with van der Waals surface area (Å²) >= 11 is 2.35. The number of aryl methyl sites for hydroxylation is 1. The van der Waals surface area contributed by atoms with E-state index in [1.165, 1.54) is 11.3 Å². The van der Waals surface area contributed by atoms with Crippen molar-refractivity contribution in [2.45, 2.75) is 13.3 Å². The molecule has 0 aliphatic carbocycles. The molecule has 3 heterocycles. The summed E-state index contributed by atoms with van der Waals surface area (Å²) in [7, 11) is 0. The summed E-state index contributed by atoms with van der Waals surface area (Å²) in [6.07, 6.45) is 0.300. The van der Waals surface area contributed by atoms with Gasteiger partial charge in [-0.05, 0) is 23.9 Å². The van der Waals surface area contributed by atoms with E-state index in [4.69, 9.17) is 5.11 Å². The van der Waals surface area contributed by atoms with E-state index in [1.54, 1.807) is 18.4 Å². The Labute approximate surface area is 126 Å². The lowest BCUT2D eigenvalue weighted by Gasteiger charge is -2.00. The van der Waals surface area contributed by atoms with E-state index in [9.17, 15) is 14.7 Å². The molecule has 8 heteroatoms. The molecule has 0 aromatic carbocycles. The van der Waals surface area contributed by atoms with Gasteiger partial charge in [-0.1, -0.05) is 0 Å². The number of nitrogens with one attached hydrogen (secondary N) is 1. The van der Waals surface area contributed by atoms with Crippen LogP contribution in [0.5, 0.6) is 5.75 Å². The average Bonchev–Trinajstić information content (AvgIpc) is 2.95. The Morgan fingerprint density at radius 1 is 1.48 bits per heavy atom. The maximum atomic E-state index is 12.1. The molecule has 0 fully saturated rings. The monoisotopic (exact) mass is 322 g/mol. The van der Waals surface area contributed by atoms with E-state index in [0.717, 1.165) is 11.3 Å². The van der Waals surface area contributed by atoms with Gasteiger partial charge in [0.2, 0.25) is 0 Å². The highest BCUT2D eigenvalue weighted by atomic mass is 32.1. The number of thiophene rings is 2. The number of rotatable bonds is 3. The third-order valence-electron chi connectivity index (χ3n) is 3.09. The number of nitrogens with zero attached hydrogens (tertiary/aromatic N) is 1. The summed E-state index contributed by atoms with van der Waals surface area (Å²) in [5.41, 5.74) is 0.0778. The molecule has 0 amide bonds. The number of carboxylic acids is 1. The molecule has 108 valence electrons. The van der Waals surface area contributed by atoms with E-state index in [2.05, 4.69) is 9.97 Å². The Kier molecular flexibility index (Phi) is 3.26. The average molecular weight is 322 g/mol. The van der Waals surface area contributed by atoms with Crippen molar-refractivity contribution in [1.29, 1.82) is 0 Å². The van der Waals surface area contributed by atoms with E-state index in [0.29, 0.717) is 32.9 Å². The van der Waals surface area contributed by atoms with Crippen LogP contribution in [0.1, 0.15) is 25.9 Å². The number of hydrogen-bond donors (Lipinski definition) is 3.